The van der Waals surface area contributed by atoms with Crippen LogP contribution in [0.4, 0.5) is 4.39 Å². The van der Waals surface area contributed by atoms with Gasteiger partial charge >= 0.3 is 0 Å². The maximum absolute atomic E-state index is 13.2. The highest BCUT2D eigenvalue weighted by Gasteiger charge is 2.49. The van der Waals surface area contributed by atoms with Gasteiger partial charge in [0.1, 0.15) is 17.5 Å². The number of nitrogens with one attached hydrogen (secondary N) is 2. The van der Waals surface area contributed by atoms with Crippen LogP contribution in [0.3, 0.4) is 0 Å². The van der Waals surface area contributed by atoms with Gasteiger partial charge < -0.3 is 31.7 Å². The zero-order valence-corrected chi connectivity index (χ0v) is 13.7. The van der Waals surface area contributed by atoms with Crippen LogP contribution in [0, 0.1) is 5.82 Å². The minimum absolute atomic E-state index is 0.0287. The summed E-state index contributed by atoms with van der Waals surface area (Å²) in [6.07, 6.45) is -3.87. The molecule has 1 fully saturated rings. The molecule has 1 aliphatic carbocycles. The molecule has 0 spiro atoms. The summed E-state index contributed by atoms with van der Waals surface area (Å²) in [4.78, 5) is 35.0. The smallest absolute Gasteiger partial charge is 0.252 e. The summed E-state index contributed by atoms with van der Waals surface area (Å²) in [5.74, 6) is -3.17. The first-order valence-electron chi connectivity index (χ1n) is 7.84. The molecule has 4 unspecified atom stereocenters. The highest BCUT2D eigenvalue weighted by molar-refractivity contribution is 5.94. The fraction of sp³-hybridized carbons (Fsp3) is 0.438. The second kappa shape index (κ2) is 7.77. The Balaban J connectivity index is 2.12. The number of hydrogen-bond acceptors (Lipinski definition) is 6. The summed E-state index contributed by atoms with van der Waals surface area (Å²) in [7, 11) is 0. The number of carbonyl (C=O) groups is 3. The molecule has 0 saturated heterocycles. The van der Waals surface area contributed by atoms with E-state index in [2.05, 4.69) is 10.6 Å². The van der Waals surface area contributed by atoms with E-state index in [9.17, 15) is 34.1 Å². The Morgan fingerprint density at radius 3 is 2.58 bits per heavy atom. The molecule has 1 aromatic rings. The van der Waals surface area contributed by atoms with Crippen LogP contribution in [0.15, 0.2) is 24.3 Å². The molecule has 1 saturated carbocycles. The molecule has 0 aliphatic heterocycles. The first-order chi connectivity index (χ1) is 12.1. The number of benzene rings is 1. The molecule has 142 valence electrons. The molecule has 4 atom stereocenters. The maximum Gasteiger partial charge on any atom is 0.252 e. The van der Waals surface area contributed by atoms with Crippen molar-refractivity contribution in [2.24, 2.45) is 5.73 Å². The Morgan fingerprint density at radius 2 is 1.96 bits per heavy atom. The molecule has 0 aromatic heterocycles. The van der Waals surface area contributed by atoms with Gasteiger partial charge in [-0.25, -0.2) is 4.39 Å². The van der Waals surface area contributed by atoms with Crippen LogP contribution in [0.2, 0.25) is 0 Å². The molecule has 1 aromatic carbocycles. The maximum atomic E-state index is 13.2. The minimum Gasteiger partial charge on any atom is -0.390 e. The Kier molecular flexibility index (Phi) is 5.90. The lowest BCUT2D eigenvalue weighted by atomic mass is 9.77. The van der Waals surface area contributed by atoms with E-state index < -0.39 is 66.8 Å². The SMILES string of the molecule is NC(=O)CNC(=O)C1(O)CC(O)C(O)C(NC(=O)c2cccc(F)c2)C1. The Morgan fingerprint density at radius 1 is 1.27 bits per heavy atom. The average molecular weight is 369 g/mol. The third kappa shape index (κ3) is 4.54. The molecule has 0 radical (unpaired) electrons. The van der Waals surface area contributed by atoms with Gasteiger partial charge in [0.25, 0.3) is 11.8 Å². The molecule has 0 bridgehead atoms. The van der Waals surface area contributed by atoms with E-state index in [1.54, 1.807) is 0 Å². The predicted molar refractivity (Wildman–Crippen MR) is 86.1 cm³/mol. The van der Waals surface area contributed by atoms with Crippen LogP contribution < -0.4 is 16.4 Å². The Bertz CT molecular complexity index is 715. The van der Waals surface area contributed by atoms with Gasteiger partial charge in [0.15, 0.2) is 0 Å². The molecule has 10 heteroatoms. The molecular weight excluding hydrogens is 349 g/mol. The quantitative estimate of drug-likeness (QED) is 0.344. The Hall–Kier alpha value is -2.56. The van der Waals surface area contributed by atoms with Gasteiger partial charge in [0.05, 0.1) is 18.7 Å². The topological polar surface area (TPSA) is 162 Å². The van der Waals surface area contributed by atoms with E-state index in [1.165, 1.54) is 12.1 Å². The zero-order valence-electron chi connectivity index (χ0n) is 13.7. The standard InChI is InChI=1S/C16H20FN3O6/c17-9-3-1-2-8(4-9)14(24)20-10-5-16(26,6-11(21)13(10)23)15(25)19-7-12(18)22/h1-4,10-11,13,21,23,26H,5-7H2,(H2,18,22)(H,19,25)(H,20,24). The number of primary amides is 1. The van der Waals surface area contributed by atoms with Crippen molar-refractivity contribution in [2.75, 3.05) is 6.54 Å². The van der Waals surface area contributed by atoms with E-state index >= 15 is 0 Å². The monoisotopic (exact) mass is 369 g/mol. The third-order valence-electron chi connectivity index (χ3n) is 4.16. The number of carbonyl (C=O) groups excluding carboxylic acids is 3. The summed E-state index contributed by atoms with van der Waals surface area (Å²) in [5.41, 5.74) is 2.76. The second-order valence-electron chi connectivity index (χ2n) is 6.24. The number of amides is 3. The number of nitrogens with two attached hydrogens (primary N) is 1. The summed E-state index contributed by atoms with van der Waals surface area (Å²) >= 11 is 0. The second-order valence-corrected chi connectivity index (χ2v) is 6.24. The number of hydrogen-bond donors (Lipinski definition) is 6. The van der Waals surface area contributed by atoms with Crippen LogP contribution in [-0.4, -0.2) is 63.4 Å². The van der Waals surface area contributed by atoms with Gasteiger partial charge in [0, 0.05) is 18.4 Å². The molecule has 7 N–H and O–H groups in total. The Labute approximate surface area is 148 Å². The van der Waals surface area contributed by atoms with E-state index in [0.717, 1.165) is 12.1 Å². The lowest BCUT2D eigenvalue weighted by Gasteiger charge is -2.41. The summed E-state index contributed by atoms with van der Waals surface area (Å²) < 4.78 is 13.2. The van der Waals surface area contributed by atoms with Crippen LogP contribution in [-0.2, 0) is 9.59 Å². The van der Waals surface area contributed by atoms with Crippen molar-refractivity contribution in [3.05, 3.63) is 35.6 Å². The van der Waals surface area contributed by atoms with Crippen molar-refractivity contribution in [2.45, 2.75) is 36.7 Å². The van der Waals surface area contributed by atoms with Gasteiger partial charge in [-0.1, -0.05) is 6.07 Å². The van der Waals surface area contributed by atoms with Crippen LogP contribution in [0.25, 0.3) is 0 Å². The lowest BCUT2D eigenvalue weighted by molar-refractivity contribution is -0.158. The van der Waals surface area contributed by atoms with Crippen LogP contribution >= 0.6 is 0 Å². The molecule has 0 heterocycles. The number of aliphatic hydroxyl groups excluding tert-OH is 2. The summed E-state index contributed by atoms with van der Waals surface area (Å²) in [6.45, 7) is -0.514. The number of rotatable bonds is 5. The van der Waals surface area contributed by atoms with E-state index in [0.29, 0.717) is 0 Å². The largest absolute Gasteiger partial charge is 0.390 e. The van der Waals surface area contributed by atoms with Gasteiger partial charge in [-0.2, -0.15) is 0 Å². The fourth-order valence-electron chi connectivity index (χ4n) is 2.84. The van der Waals surface area contributed by atoms with E-state index in [-0.39, 0.29) is 5.56 Å². The van der Waals surface area contributed by atoms with Crippen LogP contribution in [0.1, 0.15) is 23.2 Å². The molecule has 9 nitrogen and oxygen atoms in total. The zero-order chi connectivity index (χ0) is 19.5. The third-order valence-corrected chi connectivity index (χ3v) is 4.16. The fourth-order valence-corrected chi connectivity index (χ4v) is 2.84. The lowest BCUT2D eigenvalue weighted by Crippen LogP contribution is -2.63. The van der Waals surface area contributed by atoms with Gasteiger partial charge in [-0.05, 0) is 18.2 Å². The number of aliphatic hydroxyl groups is 3. The highest BCUT2D eigenvalue weighted by atomic mass is 19.1. The van der Waals surface area contributed by atoms with Gasteiger partial charge in [-0.3, -0.25) is 14.4 Å². The average Bonchev–Trinajstić information content (AvgIpc) is 2.57. The first kappa shape index (κ1) is 19.8. The van der Waals surface area contributed by atoms with Gasteiger partial charge in [0.2, 0.25) is 5.91 Å². The molecule has 1 aliphatic rings. The number of halogens is 1. The molecule has 26 heavy (non-hydrogen) atoms. The van der Waals surface area contributed by atoms with Crippen LogP contribution in [0.5, 0.6) is 0 Å². The first-order valence-corrected chi connectivity index (χ1v) is 7.84. The van der Waals surface area contributed by atoms with Crippen molar-refractivity contribution in [3.63, 3.8) is 0 Å². The summed E-state index contributed by atoms with van der Waals surface area (Å²) in [5, 5.41) is 35.0. The van der Waals surface area contributed by atoms with Crippen molar-refractivity contribution in [1.29, 1.82) is 0 Å². The van der Waals surface area contributed by atoms with Crippen molar-refractivity contribution in [3.8, 4) is 0 Å². The van der Waals surface area contributed by atoms with Crippen molar-refractivity contribution >= 4 is 17.7 Å². The van der Waals surface area contributed by atoms with Crippen molar-refractivity contribution in [1.82, 2.24) is 10.6 Å². The van der Waals surface area contributed by atoms with Crippen molar-refractivity contribution < 1.29 is 34.1 Å². The normalized spacial score (nSPS) is 28.2. The molecular formula is C16H20FN3O6. The van der Waals surface area contributed by atoms with E-state index in [4.69, 9.17) is 5.73 Å². The summed E-state index contributed by atoms with van der Waals surface area (Å²) in [6, 6.07) is 3.61. The molecule has 3 amide bonds. The molecule has 2 rings (SSSR count). The highest BCUT2D eigenvalue weighted by Crippen LogP contribution is 2.29. The van der Waals surface area contributed by atoms with Gasteiger partial charge in [-0.15, -0.1) is 0 Å². The predicted octanol–water partition coefficient (Wildman–Crippen LogP) is -2.23. The van der Waals surface area contributed by atoms with E-state index in [1.807, 2.05) is 0 Å². The minimum atomic E-state index is -2.13.